The fourth-order valence-corrected chi connectivity index (χ4v) is 4.51. The van der Waals surface area contributed by atoms with Crippen LogP contribution in [0.2, 0.25) is 0 Å². The molecule has 242 valence electrons. The van der Waals surface area contributed by atoms with Gasteiger partial charge in [-0.25, -0.2) is 0 Å². The van der Waals surface area contributed by atoms with Crippen LogP contribution in [0.5, 0.6) is 0 Å². The molecule has 46 heavy (non-hydrogen) atoms. The molecule has 0 N–H and O–H groups in total. The van der Waals surface area contributed by atoms with E-state index in [9.17, 15) is 50.6 Å². The van der Waals surface area contributed by atoms with Gasteiger partial charge in [0.25, 0.3) is 22.7 Å². The maximum absolute atomic E-state index is 11.7. The Morgan fingerprint density at radius 3 is 1.20 bits per heavy atom. The minimum atomic E-state index is -0.971. The standard InChI is InChI=1S/C18H7N5O11.2C4H8O2/c24-19(25)8-3-12-11(7-10-1-2-16(34-10)23(32)33)13-4-9(20(26)27)6-15(22(30)31)18(13)17(12)14(5-8)21(28)29;2*1-2-6-4-3-5-1/h1-7H;2*1-4H2. The highest BCUT2D eigenvalue weighted by atomic mass is 16.7. The van der Waals surface area contributed by atoms with Crippen molar-refractivity contribution >= 4 is 40.3 Å². The van der Waals surface area contributed by atoms with Crippen molar-refractivity contribution in [3.63, 3.8) is 0 Å². The summed E-state index contributed by atoms with van der Waals surface area (Å²) >= 11 is 0. The molecule has 0 radical (unpaired) electrons. The molecule has 1 aromatic heterocycles. The number of nitro groups is 5. The summed E-state index contributed by atoms with van der Waals surface area (Å²) in [6.07, 6.45) is 1.10. The van der Waals surface area contributed by atoms with Gasteiger partial charge in [-0.1, -0.05) is 0 Å². The Bertz CT molecular complexity index is 1590. The second kappa shape index (κ2) is 14.9. The summed E-state index contributed by atoms with van der Waals surface area (Å²) in [5.74, 6) is -0.843. The highest BCUT2D eigenvalue weighted by Crippen LogP contribution is 2.55. The normalized spacial score (nSPS) is 14.7. The SMILES string of the molecule is C1COCCO1.C1COCCO1.O=[N+]([O-])c1cc2c(c([N+](=O)[O-])c1)-c1c(cc([N+](=O)[O-])cc1[N+](=O)[O-])C2=Cc1ccc([N+](=O)[O-])o1. The maximum Gasteiger partial charge on any atom is 0.433 e. The number of nitrogens with zero attached hydrogens (tertiary/aromatic N) is 5. The lowest BCUT2D eigenvalue weighted by atomic mass is 10.0. The Labute approximate surface area is 256 Å². The van der Waals surface area contributed by atoms with Crippen molar-refractivity contribution in [1.29, 1.82) is 0 Å². The number of benzene rings is 2. The van der Waals surface area contributed by atoms with Gasteiger partial charge in [-0.05, 0) is 17.7 Å². The predicted molar refractivity (Wildman–Crippen MR) is 154 cm³/mol. The van der Waals surface area contributed by atoms with Crippen molar-refractivity contribution in [2.75, 3.05) is 52.9 Å². The topological polar surface area (TPSA) is 266 Å². The van der Waals surface area contributed by atoms with E-state index in [4.69, 9.17) is 23.4 Å². The van der Waals surface area contributed by atoms with Gasteiger partial charge in [0.2, 0.25) is 0 Å². The molecule has 0 bridgehead atoms. The Hall–Kier alpha value is -5.70. The second-order valence-electron chi connectivity index (χ2n) is 9.24. The van der Waals surface area contributed by atoms with E-state index in [0.717, 1.165) is 83.2 Å². The highest BCUT2D eigenvalue weighted by molar-refractivity contribution is 6.12. The Morgan fingerprint density at radius 1 is 0.522 bits per heavy atom. The molecule has 0 amide bonds. The average Bonchev–Trinajstić information content (AvgIpc) is 3.65. The fourth-order valence-electron chi connectivity index (χ4n) is 4.51. The molecule has 0 spiro atoms. The van der Waals surface area contributed by atoms with Crippen molar-refractivity contribution in [3.8, 4) is 11.1 Å². The second-order valence-corrected chi connectivity index (χ2v) is 9.24. The molecular weight excluding hydrogens is 622 g/mol. The molecule has 20 heteroatoms. The van der Waals surface area contributed by atoms with Crippen LogP contribution in [0, 0.1) is 50.6 Å². The monoisotopic (exact) mass is 645 g/mol. The van der Waals surface area contributed by atoms with Gasteiger partial charge in [-0.15, -0.1) is 0 Å². The van der Waals surface area contributed by atoms with Gasteiger partial charge in [-0.3, -0.25) is 50.6 Å². The summed E-state index contributed by atoms with van der Waals surface area (Å²) in [5.41, 5.74) is -4.38. The van der Waals surface area contributed by atoms with Gasteiger partial charge in [0.15, 0.2) is 0 Å². The van der Waals surface area contributed by atoms with Crippen LogP contribution in [0.25, 0.3) is 22.8 Å². The van der Waals surface area contributed by atoms with E-state index in [2.05, 4.69) is 0 Å². The summed E-state index contributed by atoms with van der Waals surface area (Å²) in [4.78, 5) is 52.5. The lowest BCUT2D eigenvalue weighted by molar-refractivity contribution is -0.402. The third kappa shape index (κ3) is 7.68. The molecule has 2 aromatic carbocycles. The van der Waals surface area contributed by atoms with E-state index in [1.165, 1.54) is 0 Å². The first-order valence-corrected chi connectivity index (χ1v) is 13.2. The number of hydrogen-bond donors (Lipinski definition) is 0. The minimum Gasteiger partial charge on any atom is -0.401 e. The van der Waals surface area contributed by atoms with Crippen molar-refractivity contribution in [1.82, 2.24) is 0 Å². The molecule has 20 nitrogen and oxygen atoms in total. The first-order chi connectivity index (χ1) is 22.0. The third-order valence-electron chi connectivity index (χ3n) is 6.42. The van der Waals surface area contributed by atoms with Gasteiger partial charge in [0.1, 0.15) is 10.7 Å². The molecule has 0 atom stereocenters. The number of nitro benzene ring substituents is 4. The lowest BCUT2D eigenvalue weighted by Gasteiger charge is -2.09. The fraction of sp³-hybridized carbons (Fsp3) is 0.308. The van der Waals surface area contributed by atoms with E-state index in [1.807, 2.05) is 0 Å². The van der Waals surface area contributed by atoms with Crippen LogP contribution in [0.3, 0.4) is 0 Å². The molecule has 2 saturated heterocycles. The molecule has 6 rings (SSSR count). The Morgan fingerprint density at radius 2 is 0.913 bits per heavy atom. The zero-order valence-electron chi connectivity index (χ0n) is 23.6. The number of hydrogen-bond acceptors (Lipinski definition) is 15. The predicted octanol–water partition coefficient (Wildman–Crippen LogP) is 4.46. The van der Waals surface area contributed by atoms with Crippen LogP contribution in [0.15, 0.2) is 40.8 Å². The van der Waals surface area contributed by atoms with Crippen LogP contribution >= 0.6 is 0 Å². The summed E-state index contributed by atoms with van der Waals surface area (Å²) < 4.78 is 24.8. The zero-order chi connectivity index (χ0) is 33.4. The molecule has 3 aliphatic rings. The Balaban J connectivity index is 0.000000332. The van der Waals surface area contributed by atoms with Gasteiger partial charge in [0.05, 0.1) is 102 Å². The number of non-ortho nitro benzene ring substituents is 2. The molecule has 3 aromatic rings. The minimum absolute atomic E-state index is 0.132. The van der Waals surface area contributed by atoms with Crippen molar-refractivity contribution in [2.24, 2.45) is 0 Å². The zero-order valence-corrected chi connectivity index (χ0v) is 23.6. The Kier molecular flexibility index (Phi) is 10.7. The molecule has 2 aliphatic heterocycles. The molecule has 0 saturated carbocycles. The van der Waals surface area contributed by atoms with Crippen LogP contribution in [-0.2, 0) is 18.9 Å². The van der Waals surface area contributed by atoms with E-state index in [0.29, 0.717) is 12.1 Å². The number of ether oxygens (including phenoxy) is 4. The van der Waals surface area contributed by atoms with Crippen LogP contribution in [-0.4, -0.2) is 77.5 Å². The van der Waals surface area contributed by atoms with Crippen molar-refractivity contribution in [3.05, 3.63) is 104 Å². The summed E-state index contributed by atoms with van der Waals surface area (Å²) in [6.45, 7) is 6.22. The van der Waals surface area contributed by atoms with E-state index in [-0.39, 0.29) is 33.6 Å². The van der Waals surface area contributed by atoms with Gasteiger partial charge in [-0.2, -0.15) is 0 Å². The van der Waals surface area contributed by atoms with Gasteiger partial charge in [0, 0.05) is 23.3 Å². The van der Waals surface area contributed by atoms with Crippen molar-refractivity contribution in [2.45, 2.75) is 0 Å². The van der Waals surface area contributed by atoms with Gasteiger partial charge >= 0.3 is 5.88 Å². The first kappa shape index (κ1) is 33.2. The van der Waals surface area contributed by atoms with Crippen molar-refractivity contribution < 1.29 is 48.0 Å². The molecule has 0 unspecified atom stereocenters. The average molecular weight is 645 g/mol. The van der Waals surface area contributed by atoms with E-state index in [1.54, 1.807) is 0 Å². The number of furan rings is 1. The molecule has 3 heterocycles. The largest absolute Gasteiger partial charge is 0.433 e. The smallest absolute Gasteiger partial charge is 0.401 e. The molecule has 1 aliphatic carbocycles. The van der Waals surface area contributed by atoms with Gasteiger partial charge < -0.3 is 23.4 Å². The van der Waals surface area contributed by atoms with E-state index < -0.39 is 53.3 Å². The summed E-state index contributed by atoms with van der Waals surface area (Å²) in [6, 6.07) is 5.22. The highest BCUT2D eigenvalue weighted by Gasteiger charge is 2.40. The van der Waals surface area contributed by atoms with Crippen LogP contribution in [0.4, 0.5) is 28.6 Å². The van der Waals surface area contributed by atoms with E-state index >= 15 is 0 Å². The maximum atomic E-state index is 11.7. The number of fused-ring (bicyclic) bond motifs is 3. The first-order valence-electron chi connectivity index (χ1n) is 13.2. The molecule has 2 fully saturated rings. The van der Waals surface area contributed by atoms with Crippen LogP contribution < -0.4 is 0 Å². The molecular formula is C26H23N5O15. The number of rotatable bonds is 6. The summed E-state index contributed by atoms with van der Waals surface area (Å²) in [7, 11) is 0. The van der Waals surface area contributed by atoms with Crippen LogP contribution in [0.1, 0.15) is 16.9 Å². The quantitative estimate of drug-likeness (QED) is 0.207. The third-order valence-corrected chi connectivity index (χ3v) is 6.42. The summed E-state index contributed by atoms with van der Waals surface area (Å²) in [5, 5.41) is 57.2. The lowest BCUT2D eigenvalue weighted by Crippen LogP contribution is -2.16.